The van der Waals surface area contributed by atoms with Gasteiger partial charge in [0.1, 0.15) is 0 Å². The van der Waals surface area contributed by atoms with E-state index in [1.54, 1.807) is 0 Å². The van der Waals surface area contributed by atoms with E-state index in [1.165, 1.54) is 91.9 Å². The first kappa shape index (κ1) is 36.5. The van der Waals surface area contributed by atoms with E-state index in [1.807, 2.05) is 0 Å². The molecule has 13 rings (SSSR count). The number of benzene rings is 10. The van der Waals surface area contributed by atoms with Gasteiger partial charge in [-0.05, 0) is 81.4 Å². The molecule has 0 unspecified atom stereocenters. The standard InChI is InChI=1S/C60H41N3Si/c1-4-19-42(20-5-1)62-57-33-16-12-29-51(57)53-39-40-54-52-30-13-17-34-58(52)63(60(54)59(53)62)43-35-37-47(38-36-43)64(45-22-6-2-7-23-45,46-24-8-3-9-25-46)48-26-18-21-44(41-48)61-55-31-14-10-27-49(55)50-28-11-15-32-56(50)61/h1-41H. The zero-order valence-electron chi connectivity index (χ0n) is 35.0. The van der Waals surface area contributed by atoms with Gasteiger partial charge in [0.25, 0.3) is 0 Å². The summed E-state index contributed by atoms with van der Waals surface area (Å²) in [5.74, 6) is 0. The van der Waals surface area contributed by atoms with E-state index in [0.29, 0.717) is 0 Å². The highest BCUT2D eigenvalue weighted by molar-refractivity contribution is 7.19. The number of hydrogen-bond acceptors (Lipinski definition) is 0. The smallest absolute Gasteiger partial charge is 0.179 e. The van der Waals surface area contributed by atoms with Crippen LogP contribution >= 0.6 is 0 Å². The summed E-state index contributed by atoms with van der Waals surface area (Å²) in [7, 11) is -2.94. The van der Waals surface area contributed by atoms with E-state index in [2.05, 4.69) is 262 Å². The van der Waals surface area contributed by atoms with Crippen LogP contribution in [-0.2, 0) is 0 Å². The van der Waals surface area contributed by atoms with Crippen molar-refractivity contribution in [3.63, 3.8) is 0 Å². The predicted octanol–water partition coefficient (Wildman–Crippen LogP) is 12.4. The minimum Gasteiger partial charge on any atom is -0.309 e. The summed E-state index contributed by atoms with van der Waals surface area (Å²) in [5.41, 5.74) is 10.7. The molecule has 0 saturated carbocycles. The van der Waals surface area contributed by atoms with E-state index < -0.39 is 8.07 Å². The van der Waals surface area contributed by atoms with Crippen LogP contribution in [0.3, 0.4) is 0 Å². The molecule has 4 heteroatoms. The Morgan fingerprint density at radius 3 is 1.05 bits per heavy atom. The normalized spacial score (nSPS) is 12.1. The molecule has 0 saturated heterocycles. The maximum Gasteiger partial charge on any atom is 0.179 e. The van der Waals surface area contributed by atoms with Crippen LogP contribution in [0.2, 0.25) is 0 Å². The van der Waals surface area contributed by atoms with Crippen molar-refractivity contribution in [1.29, 1.82) is 0 Å². The van der Waals surface area contributed by atoms with Gasteiger partial charge in [-0.2, -0.15) is 0 Å². The third-order valence-corrected chi connectivity index (χ3v) is 18.3. The Labute approximate surface area is 372 Å². The van der Waals surface area contributed by atoms with Gasteiger partial charge in [-0.25, -0.2) is 0 Å². The molecule has 0 spiro atoms. The molecule has 13 aromatic rings. The average molecular weight is 832 g/mol. The molecule has 0 bridgehead atoms. The van der Waals surface area contributed by atoms with E-state index in [0.717, 1.165) is 11.4 Å². The Morgan fingerprint density at radius 1 is 0.219 bits per heavy atom. The monoisotopic (exact) mass is 831 g/mol. The largest absolute Gasteiger partial charge is 0.309 e. The van der Waals surface area contributed by atoms with Gasteiger partial charge in [-0.3, -0.25) is 0 Å². The Kier molecular flexibility index (Phi) is 8.23. The molecule has 0 aliphatic carbocycles. The summed E-state index contributed by atoms with van der Waals surface area (Å²) in [5, 5.41) is 12.9. The summed E-state index contributed by atoms with van der Waals surface area (Å²) in [6.45, 7) is 0. The number of para-hydroxylation sites is 5. The Hall–Kier alpha value is -8.18. The molecule has 3 nitrogen and oxygen atoms in total. The zero-order chi connectivity index (χ0) is 42.2. The molecule has 0 aliphatic heterocycles. The number of fused-ring (bicyclic) bond motifs is 10. The van der Waals surface area contributed by atoms with Crippen molar-refractivity contribution >= 4 is 94.2 Å². The second-order valence-electron chi connectivity index (χ2n) is 16.8. The molecule has 0 radical (unpaired) electrons. The third kappa shape index (κ3) is 5.27. The lowest BCUT2D eigenvalue weighted by Gasteiger charge is -2.35. The van der Waals surface area contributed by atoms with Crippen molar-refractivity contribution in [2.75, 3.05) is 0 Å². The van der Waals surface area contributed by atoms with Gasteiger partial charge < -0.3 is 13.7 Å². The molecule has 0 fully saturated rings. The lowest BCUT2D eigenvalue weighted by molar-refractivity contribution is 1.15. The van der Waals surface area contributed by atoms with Crippen LogP contribution in [0.25, 0.3) is 82.5 Å². The molecule has 3 aromatic heterocycles. The molecule has 3 heterocycles. The SMILES string of the molecule is c1ccc(-n2c3ccccc3c3ccc4c5ccccc5n(-c5ccc([Si](c6ccccc6)(c6ccccc6)c6cccc(-n7c8ccccc8c8ccccc87)c6)cc5)c4c32)cc1. The number of aromatic nitrogens is 3. The Morgan fingerprint density at radius 2 is 0.562 bits per heavy atom. The van der Waals surface area contributed by atoms with Gasteiger partial charge in [0.05, 0.1) is 33.1 Å². The van der Waals surface area contributed by atoms with Crippen LogP contribution in [0, 0.1) is 0 Å². The lowest BCUT2D eigenvalue weighted by atomic mass is 10.1. The summed E-state index contributed by atoms with van der Waals surface area (Å²) in [6.07, 6.45) is 0. The molecular weight excluding hydrogens is 791 g/mol. The predicted molar refractivity (Wildman–Crippen MR) is 273 cm³/mol. The molecule has 0 atom stereocenters. The summed E-state index contributed by atoms with van der Waals surface area (Å²) in [4.78, 5) is 0. The van der Waals surface area contributed by atoms with Gasteiger partial charge >= 0.3 is 0 Å². The van der Waals surface area contributed by atoms with Gasteiger partial charge in [-0.15, -0.1) is 0 Å². The highest BCUT2D eigenvalue weighted by Gasteiger charge is 2.41. The van der Waals surface area contributed by atoms with Gasteiger partial charge in [-0.1, -0.05) is 188 Å². The number of rotatable bonds is 7. The van der Waals surface area contributed by atoms with E-state index in [4.69, 9.17) is 0 Å². The Balaban J connectivity index is 1.08. The van der Waals surface area contributed by atoms with Crippen LogP contribution < -0.4 is 20.7 Å². The first-order chi connectivity index (χ1) is 31.8. The highest BCUT2D eigenvalue weighted by atomic mass is 28.3. The first-order valence-corrected chi connectivity index (χ1v) is 24.1. The molecular formula is C60H41N3Si. The van der Waals surface area contributed by atoms with Crippen molar-refractivity contribution in [3.05, 3.63) is 249 Å². The fourth-order valence-electron chi connectivity index (χ4n) is 10.9. The van der Waals surface area contributed by atoms with E-state index in [9.17, 15) is 0 Å². The fraction of sp³-hybridized carbons (Fsp3) is 0. The topological polar surface area (TPSA) is 14.8 Å². The van der Waals surface area contributed by atoms with Crippen molar-refractivity contribution in [1.82, 2.24) is 13.7 Å². The van der Waals surface area contributed by atoms with Crippen molar-refractivity contribution < 1.29 is 0 Å². The summed E-state index contributed by atoms with van der Waals surface area (Å²) >= 11 is 0. The van der Waals surface area contributed by atoms with Crippen molar-refractivity contribution in [3.8, 4) is 17.1 Å². The maximum absolute atomic E-state index is 2.94. The third-order valence-electron chi connectivity index (χ3n) is 13.6. The maximum atomic E-state index is 2.51. The zero-order valence-corrected chi connectivity index (χ0v) is 36.0. The van der Waals surface area contributed by atoms with Gasteiger partial charge in [0.15, 0.2) is 8.07 Å². The van der Waals surface area contributed by atoms with Crippen molar-refractivity contribution in [2.45, 2.75) is 0 Å². The molecule has 300 valence electrons. The molecule has 64 heavy (non-hydrogen) atoms. The second kappa shape index (κ2) is 14.5. The quantitative estimate of drug-likeness (QED) is 0.112. The molecule has 0 aliphatic rings. The second-order valence-corrected chi connectivity index (χ2v) is 20.7. The number of hydrogen-bond donors (Lipinski definition) is 0. The molecule has 10 aromatic carbocycles. The van der Waals surface area contributed by atoms with Crippen LogP contribution in [0.5, 0.6) is 0 Å². The van der Waals surface area contributed by atoms with Gasteiger partial charge in [0.2, 0.25) is 0 Å². The fourth-order valence-corrected chi connectivity index (χ4v) is 15.7. The van der Waals surface area contributed by atoms with Crippen molar-refractivity contribution in [2.24, 2.45) is 0 Å². The number of nitrogens with zero attached hydrogens (tertiary/aromatic N) is 3. The lowest BCUT2D eigenvalue weighted by Crippen LogP contribution is -2.74. The summed E-state index contributed by atoms with van der Waals surface area (Å²) < 4.78 is 7.42. The summed E-state index contributed by atoms with van der Waals surface area (Å²) in [6, 6.07) is 92.3. The average Bonchev–Trinajstić information content (AvgIpc) is 4.02. The molecule has 0 amide bonds. The highest BCUT2D eigenvalue weighted by Crippen LogP contribution is 2.41. The molecule has 0 N–H and O–H groups in total. The van der Waals surface area contributed by atoms with Crippen LogP contribution in [-0.4, -0.2) is 21.8 Å². The minimum atomic E-state index is -2.94. The van der Waals surface area contributed by atoms with Gasteiger partial charge in [0, 0.05) is 49.4 Å². The van der Waals surface area contributed by atoms with Crippen LogP contribution in [0.1, 0.15) is 0 Å². The van der Waals surface area contributed by atoms with E-state index >= 15 is 0 Å². The Bertz CT molecular complexity index is 3790. The van der Waals surface area contributed by atoms with Crippen LogP contribution in [0.15, 0.2) is 249 Å². The first-order valence-electron chi connectivity index (χ1n) is 22.1. The van der Waals surface area contributed by atoms with Crippen LogP contribution in [0.4, 0.5) is 0 Å². The minimum absolute atomic E-state index is 1.13. The van der Waals surface area contributed by atoms with E-state index in [-0.39, 0.29) is 0 Å².